The standard InChI is InChI=1S/C25H21F3IN7/c1-16-5-4-8-20(32-16)24-23(19-9-10-22-30-15-31-36(22)13-19)33-21(34-24)14-35(29)12-18-7-3-2-6-17(18)11-25(26,27)28/h2-10,13,15H,11-12,14H2,1H3,(H,33,34). The fourth-order valence-electron chi connectivity index (χ4n) is 4.03. The lowest BCUT2D eigenvalue weighted by Gasteiger charge is -2.17. The monoisotopic (exact) mass is 603 g/mol. The Morgan fingerprint density at radius 1 is 0.972 bits per heavy atom. The van der Waals surface area contributed by atoms with E-state index in [1.165, 1.54) is 12.4 Å². The van der Waals surface area contributed by atoms with Gasteiger partial charge in [-0.3, -0.25) is 4.98 Å². The summed E-state index contributed by atoms with van der Waals surface area (Å²) in [6.07, 6.45) is -1.87. The van der Waals surface area contributed by atoms with Crippen LogP contribution >= 0.6 is 22.9 Å². The maximum absolute atomic E-state index is 13.0. The molecule has 0 radical (unpaired) electrons. The van der Waals surface area contributed by atoms with Crippen molar-refractivity contribution in [1.82, 2.24) is 32.7 Å². The minimum atomic E-state index is -4.26. The molecule has 11 heteroatoms. The number of nitrogens with one attached hydrogen (secondary N) is 1. The third-order valence-electron chi connectivity index (χ3n) is 5.62. The fraction of sp³-hybridized carbons (Fsp3) is 0.200. The van der Waals surface area contributed by atoms with Gasteiger partial charge in [0.1, 0.15) is 12.2 Å². The summed E-state index contributed by atoms with van der Waals surface area (Å²) in [6.45, 7) is 2.66. The minimum Gasteiger partial charge on any atom is -0.339 e. The number of benzene rings is 1. The number of hydrogen-bond acceptors (Lipinski definition) is 5. The van der Waals surface area contributed by atoms with E-state index >= 15 is 0 Å². The summed E-state index contributed by atoms with van der Waals surface area (Å²) in [5.41, 5.74) is 5.56. The predicted molar refractivity (Wildman–Crippen MR) is 138 cm³/mol. The zero-order valence-electron chi connectivity index (χ0n) is 19.2. The maximum Gasteiger partial charge on any atom is 0.393 e. The predicted octanol–water partition coefficient (Wildman–Crippen LogP) is 5.95. The molecule has 0 aliphatic heterocycles. The van der Waals surface area contributed by atoms with Crippen molar-refractivity contribution < 1.29 is 13.2 Å². The second-order valence-electron chi connectivity index (χ2n) is 8.39. The van der Waals surface area contributed by atoms with Gasteiger partial charge in [0.05, 0.1) is 30.0 Å². The van der Waals surface area contributed by atoms with Gasteiger partial charge in [-0.2, -0.15) is 18.3 Å². The number of nitrogens with zero attached hydrogens (tertiary/aromatic N) is 6. The molecule has 0 atom stereocenters. The highest BCUT2D eigenvalue weighted by atomic mass is 127. The van der Waals surface area contributed by atoms with Crippen LogP contribution < -0.4 is 0 Å². The first-order chi connectivity index (χ1) is 17.2. The SMILES string of the molecule is Cc1cccc(-c2[nH]c(CN(I)Cc3ccccc3CC(F)(F)F)nc2-c2ccc3ncnn3c2)n1. The average molecular weight is 603 g/mol. The molecule has 0 fully saturated rings. The number of aryl methyl sites for hydroxylation is 1. The van der Waals surface area contributed by atoms with Crippen LogP contribution in [0.4, 0.5) is 13.2 Å². The van der Waals surface area contributed by atoms with E-state index in [4.69, 9.17) is 4.98 Å². The molecule has 184 valence electrons. The van der Waals surface area contributed by atoms with Crippen LogP contribution in [-0.4, -0.2) is 38.8 Å². The molecule has 5 aromatic rings. The molecule has 0 amide bonds. The number of imidazole rings is 1. The molecule has 0 aliphatic rings. The van der Waals surface area contributed by atoms with Crippen molar-refractivity contribution in [2.45, 2.75) is 32.6 Å². The first-order valence-corrected chi connectivity index (χ1v) is 12.1. The van der Waals surface area contributed by atoms with Gasteiger partial charge in [-0.15, -0.1) is 0 Å². The van der Waals surface area contributed by atoms with Gasteiger partial charge >= 0.3 is 6.18 Å². The van der Waals surface area contributed by atoms with E-state index in [1.54, 1.807) is 22.7 Å². The smallest absolute Gasteiger partial charge is 0.339 e. The van der Waals surface area contributed by atoms with Crippen molar-refractivity contribution in [3.63, 3.8) is 0 Å². The first-order valence-electron chi connectivity index (χ1n) is 11.1. The fourth-order valence-corrected chi connectivity index (χ4v) is 4.72. The molecule has 0 unspecified atom stereocenters. The maximum atomic E-state index is 13.0. The summed E-state index contributed by atoms with van der Waals surface area (Å²) in [6, 6.07) is 16.2. The molecule has 0 aliphatic carbocycles. The Bertz CT molecular complexity index is 1510. The lowest BCUT2D eigenvalue weighted by atomic mass is 10.0. The second kappa shape index (κ2) is 9.97. The van der Waals surface area contributed by atoms with Crippen molar-refractivity contribution in [2.24, 2.45) is 0 Å². The zero-order valence-corrected chi connectivity index (χ0v) is 21.3. The molecule has 4 aromatic heterocycles. The number of fused-ring (bicyclic) bond motifs is 1. The Morgan fingerprint density at radius 3 is 2.56 bits per heavy atom. The van der Waals surface area contributed by atoms with Crippen molar-refractivity contribution >= 4 is 28.5 Å². The highest BCUT2D eigenvalue weighted by Crippen LogP contribution is 2.31. The van der Waals surface area contributed by atoms with E-state index in [2.05, 4.69) is 42.9 Å². The molecule has 0 saturated heterocycles. The van der Waals surface area contributed by atoms with E-state index in [0.29, 0.717) is 30.2 Å². The van der Waals surface area contributed by atoms with Crippen LogP contribution in [0.3, 0.4) is 0 Å². The molecule has 0 spiro atoms. The Labute approximate surface area is 218 Å². The van der Waals surface area contributed by atoms with E-state index in [9.17, 15) is 13.2 Å². The average Bonchev–Trinajstić information content (AvgIpc) is 3.46. The summed E-state index contributed by atoms with van der Waals surface area (Å²) in [4.78, 5) is 17.1. The Morgan fingerprint density at radius 2 is 1.78 bits per heavy atom. The highest BCUT2D eigenvalue weighted by Gasteiger charge is 2.29. The van der Waals surface area contributed by atoms with Crippen molar-refractivity contribution in [2.75, 3.05) is 0 Å². The number of pyridine rings is 2. The van der Waals surface area contributed by atoms with E-state index in [0.717, 1.165) is 28.3 Å². The lowest BCUT2D eigenvalue weighted by molar-refractivity contribution is -0.127. The molecule has 1 N–H and O–H groups in total. The molecule has 5 rings (SSSR count). The molecule has 36 heavy (non-hydrogen) atoms. The van der Waals surface area contributed by atoms with E-state index in [1.807, 2.05) is 46.6 Å². The van der Waals surface area contributed by atoms with Gasteiger partial charge in [0.25, 0.3) is 0 Å². The van der Waals surface area contributed by atoms with Crippen LogP contribution in [0.15, 0.2) is 67.1 Å². The van der Waals surface area contributed by atoms with E-state index < -0.39 is 12.6 Å². The van der Waals surface area contributed by atoms with Crippen molar-refractivity contribution in [1.29, 1.82) is 0 Å². The summed E-state index contributed by atoms with van der Waals surface area (Å²) in [5.74, 6) is 0.671. The number of aromatic nitrogens is 6. The van der Waals surface area contributed by atoms with Gasteiger partial charge in [0.2, 0.25) is 0 Å². The van der Waals surface area contributed by atoms with E-state index in [-0.39, 0.29) is 5.56 Å². The van der Waals surface area contributed by atoms with Crippen LogP contribution in [0, 0.1) is 6.92 Å². The summed E-state index contributed by atoms with van der Waals surface area (Å²) in [5, 5.41) is 4.22. The normalized spacial score (nSPS) is 12.1. The number of rotatable bonds is 7. The summed E-state index contributed by atoms with van der Waals surface area (Å²) < 4.78 is 42.7. The molecule has 0 bridgehead atoms. The molecule has 7 nitrogen and oxygen atoms in total. The number of alkyl halides is 3. The van der Waals surface area contributed by atoms with Gasteiger partial charge in [-0.1, -0.05) is 30.3 Å². The van der Waals surface area contributed by atoms with Crippen molar-refractivity contribution in [3.05, 3.63) is 89.8 Å². The minimum absolute atomic E-state index is 0.276. The number of H-pyrrole nitrogens is 1. The van der Waals surface area contributed by atoms with Gasteiger partial charge in [-0.25, -0.2) is 17.6 Å². The Balaban J connectivity index is 1.46. The molecular formula is C25H21F3IN7. The number of halogens is 4. The van der Waals surface area contributed by atoms with Crippen molar-refractivity contribution in [3.8, 4) is 22.6 Å². The van der Waals surface area contributed by atoms with Crippen LogP contribution in [-0.2, 0) is 19.5 Å². The molecule has 0 saturated carbocycles. The third kappa shape index (κ3) is 5.57. The summed E-state index contributed by atoms with van der Waals surface area (Å²) >= 11 is 2.12. The molecular weight excluding hydrogens is 582 g/mol. The topological polar surface area (TPSA) is 75.0 Å². The molecule has 4 heterocycles. The Kier molecular flexibility index (Phi) is 6.75. The van der Waals surface area contributed by atoms with Gasteiger partial charge in [0, 0.05) is 46.9 Å². The number of aromatic amines is 1. The zero-order chi connectivity index (χ0) is 25.3. The largest absolute Gasteiger partial charge is 0.393 e. The number of hydrogen-bond donors (Lipinski definition) is 1. The van der Waals surface area contributed by atoms with Gasteiger partial charge in [-0.05, 0) is 42.3 Å². The Hall–Kier alpha value is -3.32. The lowest BCUT2D eigenvalue weighted by Crippen LogP contribution is -2.17. The van der Waals surface area contributed by atoms with Crippen LogP contribution in [0.2, 0.25) is 0 Å². The highest BCUT2D eigenvalue weighted by molar-refractivity contribution is 14.1. The van der Waals surface area contributed by atoms with Gasteiger partial charge < -0.3 is 4.98 Å². The quantitative estimate of drug-likeness (QED) is 0.184. The van der Waals surface area contributed by atoms with Crippen LogP contribution in [0.1, 0.15) is 22.6 Å². The first kappa shape index (κ1) is 24.4. The third-order valence-corrected chi connectivity index (χ3v) is 6.30. The van der Waals surface area contributed by atoms with Crippen LogP contribution in [0.25, 0.3) is 28.3 Å². The van der Waals surface area contributed by atoms with Crippen LogP contribution in [0.5, 0.6) is 0 Å². The van der Waals surface area contributed by atoms with Gasteiger partial charge in [0.15, 0.2) is 5.65 Å². The second-order valence-corrected chi connectivity index (χ2v) is 9.76. The summed E-state index contributed by atoms with van der Waals surface area (Å²) in [7, 11) is 0. The molecule has 1 aromatic carbocycles.